The number of para-hydroxylation sites is 1. The molecule has 0 atom stereocenters. The SMILES string of the molecule is N#Cc1ccc(CSc2ccccc2N=Cc2cc(Br)ccc2O)cc1. The maximum absolute atomic E-state index is 9.94. The molecule has 0 heterocycles. The number of hydrogen-bond acceptors (Lipinski definition) is 4. The van der Waals surface area contributed by atoms with Crippen LogP contribution in [-0.4, -0.2) is 11.3 Å². The summed E-state index contributed by atoms with van der Waals surface area (Å²) >= 11 is 5.09. The second-order valence-electron chi connectivity index (χ2n) is 5.53. The van der Waals surface area contributed by atoms with Crippen molar-refractivity contribution in [3.8, 4) is 11.8 Å². The summed E-state index contributed by atoms with van der Waals surface area (Å²) in [5.41, 5.74) is 3.33. The van der Waals surface area contributed by atoms with E-state index in [0.29, 0.717) is 11.1 Å². The summed E-state index contributed by atoms with van der Waals surface area (Å²) in [4.78, 5) is 5.61. The van der Waals surface area contributed by atoms with Gasteiger partial charge in [-0.15, -0.1) is 11.8 Å². The van der Waals surface area contributed by atoms with Gasteiger partial charge in [-0.2, -0.15) is 5.26 Å². The highest BCUT2D eigenvalue weighted by Crippen LogP contribution is 2.32. The van der Waals surface area contributed by atoms with Gasteiger partial charge in [-0.25, -0.2) is 0 Å². The van der Waals surface area contributed by atoms with Crippen LogP contribution in [0.2, 0.25) is 0 Å². The molecule has 0 aromatic heterocycles. The zero-order chi connectivity index (χ0) is 18.4. The van der Waals surface area contributed by atoms with Crippen LogP contribution in [0.15, 0.2) is 81.1 Å². The van der Waals surface area contributed by atoms with Gasteiger partial charge in [0.15, 0.2) is 0 Å². The third kappa shape index (κ3) is 4.75. The lowest BCUT2D eigenvalue weighted by Gasteiger charge is -2.06. The Bertz CT molecular complexity index is 978. The standard InChI is InChI=1S/C21H15BrN2OS/c22-18-9-10-20(25)17(11-18)13-24-19-3-1-2-4-21(19)26-14-16-7-5-15(12-23)6-8-16/h1-11,13,25H,14H2. The highest BCUT2D eigenvalue weighted by atomic mass is 79.9. The zero-order valence-electron chi connectivity index (χ0n) is 13.8. The summed E-state index contributed by atoms with van der Waals surface area (Å²) in [6, 6.07) is 22.9. The lowest BCUT2D eigenvalue weighted by atomic mass is 10.2. The van der Waals surface area contributed by atoms with E-state index in [1.165, 1.54) is 0 Å². The van der Waals surface area contributed by atoms with Gasteiger partial charge >= 0.3 is 0 Å². The van der Waals surface area contributed by atoms with Crippen molar-refractivity contribution < 1.29 is 5.11 Å². The smallest absolute Gasteiger partial charge is 0.124 e. The number of hydrogen-bond donors (Lipinski definition) is 1. The van der Waals surface area contributed by atoms with Crippen LogP contribution in [0.4, 0.5) is 5.69 Å². The number of phenolic OH excluding ortho intramolecular Hbond substituents is 1. The Morgan fingerprint density at radius 2 is 1.85 bits per heavy atom. The molecule has 0 aliphatic carbocycles. The van der Waals surface area contributed by atoms with Gasteiger partial charge in [0.25, 0.3) is 0 Å². The predicted octanol–water partition coefficient (Wildman–Crippen LogP) is 6.07. The van der Waals surface area contributed by atoms with E-state index in [2.05, 4.69) is 27.0 Å². The van der Waals surface area contributed by atoms with Crippen molar-refractivity contribution in [2.24, 2.45) is 4.99 Å². The fourth-order valence-corrected chi connectivity index (χ4v) is 3.63. The Balaban J connectivity index is 1.76. The first-order valence-electron chi connectivity index (χ1n) is 7.89. The maximum Gasteiger partial charge on any atom is 0.124 e. The number of nitriles is 1. The fourth-order valence-electron chi connectivity index (χ4n) is 2.29. The van der Waals surface area contributed by atoms with Crippen molar-refractivity contribution >= 4 is 39.6 Å². The van der Waals surface area contributed by atoms with Crippen molar-refractivity contribution in [1.29, 1.82) is 5.26 Å². The zero-order valence-corrected chi connectivity index (χ0v) is 16.2. The molecular formula is C21H15BrN2OS. The number of nitrogens with zero attached hydrogens (tertiary/aromatic N) is 2. The van der Waals surface area contributed by atoms with E-state index >= 15 is 0 Å². The molecule has 0 aliphatic heterocycles. The monoisotopic (exact) mass is 422 g/mol. The van der Waals surface area contributed by atoms with E-state index in [1.54, 1.807) is 30.1 Å². The summed E-state index contributed by atoms with van der Waals surface area (Å²) in [6.45, 7) is 0. The van der Waals surface area contributed by atoms with Crippen LogP contribution in [0, 0.1) is 11.3 Å². The average Bonchev–Trinajstić information content (AvgIpc) is 2.68. The Morgan fingerprint density at radius 3 is 2.62 bits per heavy atom. The minimum atomic E-state index is 0.194. The van der Waals surface area contributed by atoms with Crippen molar-refractivity contribution in [2.75, 3.05) is 0 Å². The first-order chi connectivity index (χ1) is 12.7. The third-order valence-electron chi connectivity index (χ3n) is 3.67. The number of rotatable bonds is 5. The number of aromatic hydroxyl groups is 1. The quantitative estimate of drug-likeness (QED) is 0.400. The van der Waals surface area contributed by atoms with Gasteiger partial charge in [0.05, 0.1) is 17.3 Å². The molecule has 3 aromatic rings. The second kappa shape index (κ2) is 8.70. The minimum absolute atomic E-state index is 0.194. The second-order valence-corrected chi connectivity index (χ2v) is 7.46. The molecule has 0 unspecified atom stereocenters. The summed E-state index contributed by atoms with van der Waals surface area (Å²) < 4.78 is 0.889. The molecule has 0 spiro atoms. The fraction of sp³-hybridized carbons (Fsp3) is 0.0476. The van der Waals surface area contributed by atoms with E-state index < -0.39 is 0 Å². The molecule has 0 bridgehead atoms. The molecule has 0 aliphatic rings. The minimum Gasteiger partial charge on any atom is -0.507 e. The highest BCUT2D eigenvalue weighted by molar-refractivity contribution is 9.10. The van der Waals surface area contributed by atoms with Gasteiger partial charge in [0.2, 0.25) is 0 Å². The van der Waals surface area contributed by atoms with E-state index in [9.17, 15) is 5.11 Å². The predicted molar refractivity (Wildman–Crippen MR) is 110 cm³/mol. The highest BCUT2D eigenvalue weighted by Gasteiger charge is 2.04. The molecule has 3 aromatic carbocycles. The normalized spacial score (nSPS) is 10.8. The van der Waals surface area contributed by atoms with Crippen LogP contribution in [0.25, 0.3) is 0 Å². The average molecular weight is 423 g/mol. The molecule has 3 nitrogen and oxygen atoms in total. The molecule has 0 amide bonds. The Morgan fingerprint density at radius 1 is 1.08 bits per heavy atom. The van der Waals surface area contributed by atoms with Crippen molar-refractivity contribution in [1.82, 2.24) is 0 Å². The van der Waals surface area contributed by atoms with E-state index in [1.807, 2.05) is 54.6 Å². The van der Waals surface area contributed by atoms with Crippen molar-refractivity contribution in [2.45, 2.75) is 10.6 Å². The largest absolute Gasteiger partial charge is 0.507 e. The van der Waals surface area contributed by atoms with Gasteiger partial charge in [0.1, 0.15) is 5.75 Å². The maximum atomic E-state index is 9.94. The Labute approximate surface area is 165 Å². The first-order valence-corrected chi connectivity index (χ1v) is 9.67. The van der Waals surface area contributed by atoms with Crippen LogP contribution >= 0.6 is 27.7 Å². The molecule has 1 N–H and O–H groups in total. The molecular weight excluding hydrogens is 408 g/mol. The molecule has 26 heavy (non-hydrogen) atoms. The Hall–Kier alpha value is -2.55. The number of aliphatic imine (C=N–C) groups is 1. The number of thioether (sulfide) groups is 1. The molecule has 0 fully saturated rings. The molecule has 3 rings (SSSR count). The topological polar surface area (TPSA) is 56.4 Å². The van der Waals surface area contributed by atoms with Gasteiger partial charge in [0, 0.05) is 26.9 Å². The number of halogens is 1. The van der Waals surface area contributed by atoms with Crippen LogP contribution in [0.5, 0.6) is 5.75 Å². The molecule has 128 valence electrons. The molecule has 0 radical (unpaired) electrons. The molecule has 5 heteroatoms. The van der Waals surface area contributed by atoms with E-state index in [4.69, 9.17) is 5.26 Å². The van der Waals surface area contributed by atoms with Gasteiger partial charge in [-0.3, -0.25) is 4.99 Å². The summed E-state index contributed by atoms with van der Waals surface area (Å²) in [5, 5.41) is 18.8. The van der Waals surface area contributed by atoms with Crippen molar-refractivity contribution in [3.63, 3.8) is 0 Å². The van der Waals surface area contributed by atoms with Crippen LogP contribution < -0.4 is 0 Å². The van der Waals surface area contributed by atoms with Crippen LogP contribution in [-0.2, 0) is 5.75 Å². The van der Waals surface area contributed by atoms with Gasteiger partial charge in [-0.1, -0.05) is 40.2 Å². The summed E-state index contributed by atoms with van der Waals surface area (Å²) in [6.07, 6.45) is 1.67. The lowest BCUT2D eigenvalue weighted by molar-refractivity contribution is 0.474. The van der Waals surface area contributed by atoms with Crippen molar-refractivity contribution in [3.05, 3.63) is 87.9 Å². The first kappa shape index (κ1) is 18.2. The lowest BCUT2D eigenvalue weighted by Crippen LogP contribution is -1.84. The summed E-state index contributed by atoms with van der Waals surface area (Å²) in [7, 11) is 0. The third-order valence-corrected chi connectivity index (χ3v) is 5.30. The van der Waals surface area contributed by atoms with Gasteiger partial charge < -0.3 is 5.11 Å². The van der Waals surface area contributed by atoms with E-state index in [-0.39, 0.29) is 5.75 Å². The summed E-state index contributed by atoms with van der Waals surface area (Å²) in [5.74, 6) is 0.986. The number of benzene rings is 3. The number of phenols is 1. The van der Waals surface area contributed by atoms with E-state index in [0.717, 1.165) is 26.4 Å². The van der Waals surface area contributed by atoms with Crippen LogP contribution in [0.1, 0.15) is 16.7 Å². The Kier molecular flexibility index (Phi) is 6.11. The molecule has 0 saturated carbocycles. The van der Waals surface area contributed by atoms with Gasteiger partial charge in [-0.05, 0) is 48.0 Å². The molecule has 0 saturated heterocycles. The van der Waals surface area contributed by atoms with Crippen LogP contribution in [0.3, 0.4) is 0 Å².